The molecule has 2 aromatic rings. The highest BCUT2D eigenvalue weighted by molar-refractivity contribution is 6.01. The molecule has 0 aliphatic carbocycles. The van der Waals surface area contributed by atoms with Gasteiger partial charge in [-0.2, -0.15) is 0 Å². The fourth-order valence-corrected chi connectivity index (χ4v) is 3.01. The molecule has 1 aliphatic heterocycles. The molecule has 0 aromatic heterocycles. The molecule has 1 heterocycles. The van der Waals surface area contributed by atoms with Crippen LogP contribution in [0.1, 0.15) is 30.9 Å². The van der Waals surface area contributed by atoms with Gasteiger partial charge in [0.15, 0.2) is 6.10 Å². The van der Waals surface area contributed by atoms with Crippen molar-refractivity contribution in [1.29, 1.82) is 0 Å². The molecule has 0 spiro atoms. The van der Waals surface area contributed by atoms with Crippen molar-refractivity contribution in [3.05, 3.63) is 65.7 Å². The molecule has 26 heavy (non-hydrogen) atoms. The predicted molar refractivity (Wildman–Crippen MR) is 101 cm³/mol. The number of carbonyl (C=O) groups is 1. The zero-order chi connectivity index (χ0) is 18.4. The van der Waals surface area contributed by atoms with Crippen LogP contribution >= 0.6 is 0 Å². The lowest BCUT2D eigenvalue weighted by Crippen LogP contribution is -2.36. The van der Waals surface area contributed by atoms with Gasteiger partial charge in [-0.15, -0.1) is 0 Å². The monoisotopic (exact) mass is 352 g/mol. The maximum Gasteiger partial charge on any atom is 0.222 e. The molecule has 5 nitrogen and oxygen atoms in total. The van der Waals surface area contributed by atoms with Crippen LogP contribution < -0.4 is 4.74 Å². The van der Waals surface area contributed by atoms with E-state index in [-0.39, 0.29) is 12.0 Å². The average molecular weight is 352 g/mol. The van der Waals surface area contributed by atoms with Crippen LogP contribution in [0, 0.1) is 0 Å². The fraction of sp³-hybridized carbons (Fsp3) is 0.333. The largest absolute Gasteiger partial charge is 0.497 e. The van der Waals surface area contributed by atoms with E-state index in [1.807, 2.05) is 66.4 Å². The summed E-state index contributed by atoms with van der Waals surface area (Å²) in [6, 6.07) is 17.8. The summed E-state index contributed by atoms with van der Waals surface area (Å²) in [5.74, 6) is 0.933. The van der Waals surface area contributed by atoms with E-state index in [0.717, 1.165) is 22.6 Å². The minimum absolute atomic E-state index is 0.119. The Morgan fingerprint density at radius 1 is 1.19 bits per heavy atom. The van der Waals surface area contributed by atoms with Gasteiger partial charge in [-0.05, 0) is 35.4 Å². The quantitative estimate of drug-likeness (QED) is 0.765. The lowest BCUT2D eigenvalue weighted by molar-refractivity contribution is -0.133. The molecule has 5 heteroatoms. The van der Waals surface area contributed by atoms with Gasteiger partial charge in [-0.3, -0.25) is 4.79 Å². The van der Waals surface area contributed by atoms with Gasteiger partial charge in [0.05, 0.1) is 19.4 Å². The summed E-state index contributed by atoms with van der Waals surface area (Å²) in [5, 5.41) is 4.23. The fourth-order valence-electron chi connectivity index (χ4n) is 3.01. The molecular formula is C21H24N2O3. The number of methoxy groups -OCH3 is 1. The summed E-state index contributed by atoms with van der Waals surface area (Å²) in [5.41, 5.74) is 3.04. The van der Waals surface area contributed by atoms with Gasteiger partial charge in [0.25, 0.3) is 0 Å². The van der Waals surface area contributed by atoms with Crippen molar-refractivity contribution in [1.82, 2.24) is 4.90 Å². The summed E-state index contributed by atoms with van der Waals surface area (Å²) >= 11 is 0. The van der Waals surface area contributed by atoms with Gasteiger partial charge < -0.3 is 14.5 Å². The Labute approximate surface area is 154 Å². The average Bonchev–Trinajstić information content (AvgIpc) is 3.16. The Bertz CT molecular complexity index is 757. The van der Waals surface area contributed by atoms with Crippen LogP contribution in [0.5, 0.6) is 5.75 Å². The first-order chi connectivity index (χ1) is 12.7. The number of carbonyl (C=O) groups excluding carboxylic acids is 1. The van der Waals surface area contributed by atoms with E-state index in [2.05, 4.69) is 5.16 Å². The Morgan fingerprint density at radius 2 is 1.92 bits per heavy atom. The molecule has 2 aromatic carbocycles. The van der Waals surface area contributed by atoms with Crippen LogP contribution in [0.3, 0.4) is 0 Å². The number of rotatable bonds is 7. The van der Waals surface area contributed by atoms with E-state index in [4.69, 9.17) is 9.57 Å². The van der Waals surface area contributed by atoms with Crippen molar-refractivity contribution >= 4 is 11.6 Å². The van der Waals surface area contributed by atoms with Crippen molar-refractivity contribution in [2.24, 2.45) is 5.16 Å². The molecule has 0 saturated heterocycles. The second-order valence-electron chi connectivity index (χ2n) is 6.31. The van der Waals surface area contributed by atoms with Crippen LogP contribution in [0.15, 0.2) is 59.8 Å². The van der Waals surface area contributed by atoms with Crippen LogP contribution in [-0.4, -0.2) is 36.3 Å². The van der Waals surface area contributed by atoms with Crippen LogP contribution in [0.2, 0.25) is 0 Å². The van der Waals surface area contributed by atoms with Crippen LogP contribution in [0.25, 0.3) is 0 Å². The molecule has 136 valence electrons. The molecule has 0 fully saturated rings. The zero-order valence-corrected chi connectivity index (χ0v) is 15.2. The number of hydrogen-bond donors (Lipinski definition) is 0. The SMILES string of the molecule is CCC(=O)N(Cc1ccccc1)C[C@@H]1CC(c2ccc(OC)cc2)=NO1. The molecule has 0 bridgehead atoms. The minimum Gasteiger partial charge on any atom is -0.497 e. The molecule has 1 aliphatic rings. The molecule has 0 radical (unpaired) electrons. The van der Waals surface area contributed by atoms with Crippen LogP contribution in [0.4, 0.5) is 0 Å². The zero-order valence-electron chi connectivity index (χ0n) is 15.2. The molecule has 0 unspecified atom stereocenters. The Morgan fingerprint density at radius 3 is 2.58 bits per heavy atom. The van der Waals surface area contributed by atoms with Gasteiger partial charge in [0.2, 0.25) is 5.91 Å². The predicted octanol–water partition coefficient (Wildman–Crippen LogP) is 3.63. The summed E-state index contributed by atoms with van der Waals surface area (Å²) in [6.45, 7) is 3.01. The molecular weight excluding hydrogens is 328 g/mol. The summed E-state index contributed by atoms with van der Waals surface area (Å²) in [4.78, 5) is 19.8. The van der Waals surface area contributed by atoms with E-state index in [0.29, 0.717) is 25.9 Å². The summed E-state index contributed by atoms with van der Waals surface area (Å²) < 4.78 is 5.19. The maximum atomic E-state index is 12.3. The number of hydrogen-bond acceptors (Lipinski definition) is 4. The highest BCUT2D eigenvalue weighted by Gasteiger charge is 2.26. The Balaban J connectivity index is 1.62. The number of oxime groups is 1. The van der Waals surface area contributed by atoms with Gasteiger partial charge >= 0.3 is 0 Å². The Hall–Kier alpha value is -2.82. The smallest absolute Gasteiger partial charge is 0.222 e. The van der Waals surface area contributed by atoms with E-state index in [1.165, 1.54) is 0 Å². The second kappa shape index (κ2) is 8.52. The van der Waals surface area contributed by atoms with Gasteiger partial charge in [0.1, 0.15) is 5.75 Å². The minimum atomic E-state index is -0.119. The third kappa shape index (κ3) is 4.42. The number of benzene rings is 2. The lowest BCUT2D eigenvalue weighted by atomic mass is 10.0. The molecule has 3 rings (SSSR count). The topological polar surface area (TPSA) is 51.1 Å². The van der Waals surface area contributed by atoms with E-state index in [1.54, 1.807) is 7.11 Å². The van der Waals surface area contributed by atoms with Gasteiger partial charge in [-0.25, -0.2) is 0 Å². The maximum absolute atomic E-state index is 12.3. The normalized spacial score (nSPS) is 15.9. The number of nitrogens with zero attached hydrogens (tertiary/aromatic N) is 2. The second-order valence-corrected chi connectivity index (χ2v) is 6.31. The van der Waals surface area contributed by atoms with E-state index in [9.17, 15) is 4.79 Å². The first kappa shape index (κ1) is 18.0. The molecule has 1 atom stereocenters. The Kier molecular flexibility index (Phi) is 5.89. The van der Waals surface area contributed by atoms with Crippen molar-refractivity contribution in [3.63, 3.8) is 0 Å². The summed E-state index contributed by atoms with van der Waals surface area (Å²) in [7, 11) is 1.65. The third-order valence-electron chi connectivity index (χ3n) is 4.45. The standard InChI is InChI=1S/C21H24N2O3/c1-3-21(24)23(14-16-7-5-4-6-8-16)15-19-13-20(22-26-19)17-9-11-18(25-2)12-10-17/h4-12,19H,3,13-15H2,1-2H3/t19-/m0/s1. The van der Waals surface area contributed by atoms with Crippen molar-refractivity contribution in [2.45, 2.75) is 32.4 Å². The van der Waals surface area contributed by atoms with Crippen molar-refractivity contribution in [2.75, 3.05) is 13.7 Å². The molecule has 0 N–H and O–H groups in total. The van der Waals surface area contributed by atoms with Gasteiger partial charge in [0, 0.05) is 19.4 Å². The lowest BCUT2D eigenvalue weighted by Gasteiger charge is -2.24. The van der Waals surface area contributed by atoms with Crippen LogP contribution in [-0.2, 0) is 16.2 Å². The van der Waals surface area contributed by atoms with Crippen molar-refractivity contribution in [3.8, 4) is 5.75 Å². The number of ether oxygens (including phenoxy) is 1. The first-order valence-corrected chi connectivity index (χ1v) is 8.88. The highest BCUT2D eigenvalue weighted by Crippen LogP contribution is 2.21. The number of amides is 1. The van der Waals surface area contributed by atoms with E-state index < -0.39 is 0 Å². The van der Waals surface area contributed by atoms with E-state index >= 15 is 0 Å². The summed E-state index contributed by atoms with van der Waals surface area (Å²) in [6.07, 6.45) is 1.05. The third-order valence-corrected chi connectivity index (χ3v) is 4.45. The molecule has 1 amide bonds. The molecule has 0 saturated carbocycles. The van der Waals surface area contributed by atoms with Gasteiger partial charge in [-0.1, -0.05) is 42.4 Å². The first-order valence-electron chi connectivity index (χ1n) is 8.88. The van der Waals surface area contributed by atoms with Crippen molar-refractivity contribution < 1.29 is 14.4 Å². The highest BCUT2D eigenvalue weighted by atomic mass is 16.6.